The van der Waals surface area contributed by atoms with Crippen LogP contribution in [-0.4, -0.2) is 59.7 Å². The molecule has 1 heterocycles. The summed E-state index contributed by atoms with van der Waals surface area (Å²) in [6.45, 7) is 0.0648. The van der Waals surface area contributed by atoms with Crippen LogP contribution in [0.4, 0.5) is 4.79 Å². The van der Waals surface area contributed by atoms with E-state index in [0.717, 1.165) is 19.3 Å². The molecule has 0 aromatic rings. The molecule has 1 aliphatic heterocycles. The van der Waals surface area contributed by atoms with Crippen molar-refractivity contribution in [3.05, 3.63) is 0 Å². The first kappa shape index (κ1) is 17.4. The highest BCUT2D eigenvalue weighted by Gasteiger charge is 2.43. The monoisotopic (exact) mass is 318 g/mol. The van der Waals surface area contributed by atoms with Crippen molar-refractivity contribution in [3.63, 3.8) is 0 Å². The first-order valence-corrected chi connectivity index (χ1v) is 6.58. The maximum absolute atomic E-state index is 11.9. The van der Waals surface area contributed by atoms with Gasteiger partial charge in [0.2, 0.25) is 5.91 Å². The maximum Gasteiger partial charge on any atom is 0.334 e. The molecule has 0 spiro atoms. The Morgan fingerprint density at radius 1 is 1.29 bits per heavy atom. The number of carbonyl (C=O) groups excluding carboxylic acids is 4. The molecule has 8 nitrogen and oxygen atoms in total. The lowest BCUT2D eigenvalue weighted by Gasteiger charge is -2.20. The van der Waals surface area contributed by atoms with Gasteiger partial charge in [0.15, 0.2) is 0 Å². The fourth-order valence-corrected chi connectivity index (χ4v) is 2.66. The lowest BCUT2D eigenvalue weighted by Crippen LogP contribution is -2.46. The van der Waals surface area contributed by atoms with E-state index < -0.39 is 30.3 Å². The third-order valence-corrected chi connectivity index (χ3v) is 3.86. The van der Waals surface area contributed by atoms with E-state index in [0.29, 0.717) is 16.3 Å². The van der Waals surface area contributed by atoms with E-state index in [4.69, 9.17) is 5.73 Å². The molecule has 118 valence electrons. The zero-order valence-corrected chi connectivity index (χ0v) is 12.5. The second-order valence-electron chi connectivity index (χ2n) is 5.14. The normalized spacial score (nSPS) is 25.3. The molecular formula is C12H19ClN4O4. The predicted octanol–water partition coefficient (Wildman–Crippen LogP) is -0.928. The van der Waals surface area contributed by atoms with Crippen LogP contribution in [0.3, 0.4) is 0 Å². The fourth-order valence-electron chi connectivity index (χ4n) is 2.66. The number of nitrogens with two attached hydrogens (primary N) is 1. The van der Waals surface area contributed by atoms with Gasteiger partial charge in [-0.1, -0.05) is 6.42 Å². The number of likely N-dealkylation sites (N-methyl/N-ethyl adjacent to an activating group) is 1. The fraction of sp³-hybridized carbons (Fsp3) is 0.667. The van der Waals surface area contributed by atoms with Crippen molar-refractivity contribution < 1.29 is 19.2 Å². The predicted molar refractivity (Wildman–Crippen MR) is 75.5 cm³/mol. The molecule has 2 rings (SSSR count). The number of halogens is 1. The summed E-state index contributed by atoms with van der Waals surface area (Å²) in [5, 5.41) is 2.78. The van der Waals surface area contributed by atoms with Crippen molar-refractivity contribution in [2.45, 2.75) is 25.3 Å². The zero-order valence-electron chi connectivity index (χ0n) is 11.7. The van der Waals surface area contributed by atoms with Gasteiger partial charge in [0, 0.05) is 13.1 Å². The largest absolute Gasteiger partial charge is 0.351 e. The molecule has 1 saturated carbocycles. The number of nitrogens with one attached hydrogen (secondary N) is 1. The van der Waals surface area contributed by atoms with Gasteiger partial charge in [-0.25, -0.2) is 9.69 Å². The average molecular weight is 319 g/mol. The first-order chi connectivity index (χ1) is 9.45. The number of nitrogens with zero attached hydrogens (tertiary/aromatic N) is 2. The smallest absolute Gasteiger partial charge is 0.334 e. The summed E-state index contributed by atoms with van der Waals surface area (Å²) in [6.07, 6.45) is 2.80. The van der Waals surface area contributed by atoms with Crippen molar-refractivity contribution in [1.29, 1.82) is 0 Å². The number of carbonyl (C=O) groups is 4. The average Bonchev–Trinajstić information content (AvgIpc) is 2.94. The molecule has 5 amide bonds. The van der Waals surface area contributed by atoms with Gasteiger partial charge in [-0.3, -0.25) is 19.3 Å². The standard InChI is InChI=1S/C12H18N4O4.ClH/c1-15-10(18)11(19)16(12(15)20)6-9(17)14-8-4-2-3-7(8)5-13;/h7-8H,2-6,13H2,1H3,(H,14,17);1H. The molecule has 3 N–H and O–H groups in total. The number of hydrogen-bond donors (Lipinski definition) is 2. The van der Waals surface area contributed by atoms with Crippen LogP contribution >= 0.6 is 12.4 Å². The number of rotatable bonds is 4. The topological polar surface area (TPSA) is 113 Å². The Morgan fingerprint density at radius 3 is 2.48 bits per heavy atom. The Bertz CT molecular complexity index is 470. The van der Waals surface area contributed by atoms with Crippen LogP contribution in [0.25, 0.3) is 0 Å². The van der Waals surface area contributed by atoms with E-state index in [1.54, 1.807) is 0 Å². The van der Waals surface area contributed by atoms with Gasteiger partial charge < -0.3 is 11.1 Å². The highest BCUT2D eigenvalue weighted by molar-refractivity contribution is 6.44. The second-order valence-corrected chi connectivity index (χ2v) is 5.14. The van der Waals surface area contributed by atoms with Crippen molar-refractivity contribution in [1.82, 2.24) is 15.1 Å². The third kappa shape index (κ3) is 3.33. The van der Waals surface area contributed by atoms with Crippen molar-refractivity contribution >= 4 is 36.2 Å². The van der Waals surface area contributed by atoms with Crippen LogP contribution in [0.15, 0.2) is 0 Å². The van der Waals surface area contributed by atoms with Gasteiger partial charge in [-0.15, -0.1) is 12.4 Å². The molecule has 2 atom stereocenters. The Morgan fingerprint density at radius 2 is 1.95 bits per heavy atom. The van der Waals surface area contributed by atoms with Crippen molar-refractivity contribution in [2.75, 3.05) is 20.1 Å². The zero-order chi connectivity index (χ0) is 14.9. The molecule has 9 heteroatoms. The molecule has 1 saturated heterocycles. The molecule has 2 aliphatic rings. The van der Waals surface area contributed by atoms with E-state index in [-0.39, 0.29) is 24.4 Å². The highest BCUT2D eigenvalue weighted by Crippen LogP contribution is 2.24. The van der Waals surface area contributed by atoms with Crippen LogP contribution in [0.2, 0.25) is 0 Å². The number of hydrogen-bond acceptors (Lipinski definition) is 5. The lowest BCUT2D eigenvalue weighted by molar-refractivity contribution is -0.143. The van der Waals surface area contributed by atoms with Crippen LogP contribution in [0, 0.1) is 5.92 Å². The van der Waals surface area contributed by atoms with Crippen molar-refractivity contribution in [2.24, 2.45) is 11.7 Å². The number of urea groups is 1. The van der Waals surface area contributed by atoms with E-state index in [2.05, 4.69) is 5.32 Å². The summed E-state index contributed by atoms with van der Waals surface area (Å²) < 4.78 is 0. The highest BCUT2D eigenvalue weighted by atomic mass is 35.5. The van der Waals surface area contributed by atoms with Crippen LogP contribution in [-0.2, 0) is 14.4 Å². The van der Waals surface area contributed by atoms with Crippen LogP contribution < -0.4 is 11.1 Å². The molecule has 0 bridgehead atoms. The number of imide groups is 2. The maximum atomic E-state index is 11.9. The lowest BCUT2D eigenvalue weighted by atomic mass is 10.0. The molecular weight excluding hydrogens is 300 g/mol. The van der Waals surface area contributed by atoms with Gasteiger partial charge in [-0.05, 0) is 25.3 Å². The third-order valence-electron chi connectivity index (χ3n) is 3.86. The summed E-state index contributed by atoms with van der Waals surface area (Å²) in [7, 11) is 1.21. The Hall–Kier alpha value is -1.67. The molecule has 0 aromatic carbocycles. The summed E-state index contributed by atoms with van der Waals surface area (Å²) in [5.74, 6) is -2.09. The van der Waals surface area contributed by atoms with Gasteiger partial charge in [0.05, 0.1) is 0 Å². The molecule has 2 fully saturated rings. The minimum atomic E-state index is -0.963. The van der Waals surface area contributed by atoms with Gasteiger partial charge in [0.1, 0.15) is 6.54 Å². The Balaban J connectivity index is 0.00000220. The first-order valence-electron chi connectivity index (χ1n) is 6.58. The second kappa shape index (κ2) is 6.86. The van der Waals surface area contributed by atoms with E-state index in [1.165, 1.54) is 7.05 Å². The molecule has 1 aliphatic carbocycles. The van der Waals surface area contributed by atoms with E-state index in [1.807, 2.05) is 0 Å². The van der Waals surface area contributed by atoms with Crippen LogP contribution in [0.1, 0.15) is 19.3 Å². The summed E-state index contributed by atoms with van der Waals surface area (Å²) >= 11 is 0. The Kier molecular flexibility index (Phi) is 5.68. The molecule has 0 radical (unpaired) electrons. The quantitative estimate of drug-likeness (QED) is 0.514. The minimum Gasteiger partial charge on any atom is -0.351 e. The molecule has 21 heavy (non-hydrogen) atoms. The van der Waals surface area contributed by atoms with Gasteiger partial charge in [-0.2, -0.15) is 0 Å². The minimum absolute atomic E-state index is 0. The summed E-state index contributed by atoms with van der Waals surface area (Å²) in [6, 6.07) is -0.786. The summed E-state index contributed by atoms with van der Waals surface area (Å²) in [4.78, 5) is 47.7. The molecule has 0 aromatic heterocycles. The Labute approximate surface area is 128 Å². The SMILES string of the molecule is CN1C(=O)C(=O)N(CC(=O)NC2CCCC2CN)C1=O.Cl. The van der Waals surface area contributed by atoms with Gasteiger partial charge >= 0.3 is 17.8 Å². The summed E-state index contributed by atoms with van der Waals surface area (Å²) in [5.41, 5.74) is 5.62. The van der Waals surface area contributed by atoms with Crippen molar-refractivity contribution in [3.8, 4) is 0 Å². The number of amides is 5. The van der Waals surface area contributed by atoms with E-state index >= 15 is 0 Å². The van der Waals surface area contributed by atoms with Crippen LogP contribution in [0.5, 0.6) is 0 Å². The van der Waals surface area contributed by atoms with Gasteiger partial charge in [0.25, 0.3) is 0 Å². The molecule has 2 unspecified atom stereocenters. The van der Waals surface area contributed by atoms with E-state index in [9.17, 15) is 19.2 Å².